The second-order valence-corrected chi connectivity index (χ2v) is 5.61. The van der Waals surface area contributed by atoms with Crippen molar-refractivity contribution in [2.24, 2.45) is 0 Å². The molecule has 1 aliphatic carbocycles. The van der Waals surface area contributed by atoms with Crippen LogP contribution in [0.5, 0.6) is 0 Å². The molecule has 0 aliphatic heterocycles. The second-order valence-electron chi connectivity index (χ2n) is 4.38. The van der Waals surface area contributed by atoms with Crippen LogP contribution in [0, 0.1) is 0 Å². The molecule has 0 amide bonds. The molecule has 0 spiro atoms. The van der Waals surface area contributed by atoms with Gasteiger partial charge >= 0.3 is 0 Å². The molecule has 17 heavy (non-hydrogen) atoms. The van der Waals surface area contributed by atoms with Gasteiger partial charge in [0.25, 0.3) is 0 Å². The molecule has 0 aromatic heterocycles. The molecule has 2 rings (SSSR count). The van der Waals surface area contributed by atoms with Crippen LogP contribution in [-0.4, -0.2) is 17.0 Å². The van der Waals surface area contributed by atoms with Crippen LogP contribution >= 0.6 is 11.8 Å². The highest BCUT2D eigenvalue weighted by atomic mass is 32.2. The Morgan fingerprint density at radius 3 is 2.88 bits per heavy atom. The normalized spacial score (nSPS) is 20.5. The molecule has 2 nitrogen and oxygen atoms in total. The van der Waals surface area contributed by atoms with Crippen molar-refractivity contribution < 1.29 is 9.53 Å². The van der Waals surface area contributed by atoms with Crippen molar-refractivity contribution in [1.29, 1.82) is 0 Å². The van der Waals surface area contributed by atoms with Gasteiger partial charge in [-0.3, -0.25) is 4.79 Å². The highest BCUT2D eigenvalue weighted by molar-refractivity contribution is 7.99. The minimum Gasteiger partial charge on any atom is -0.366 e. The summed E-state index contributed by atoms with van der Waals surface area (Å²) >= 11 is 1.78. The maximum atomic E-state index is 11.3. The maximum Gasteiger partial charge on any atom is 0.134 e. The number of thioether (sulfide) groups is 1. The minimum atomic E-state index is 0.414. The average molecular weight is 250 g/mol. The summed E-state index contributed by atoms with van der Waals surface area (Å²) in [4.78, 5) is 11.3. The Balaban J connectivity index is 1.61. The third-order valence-electron chi connectivity index (χ3n) is 2.94. The van der Waals surface area contributed by atoms with Crippen molar-refractivity contribution in [2.75, 3.05) is 5.94 Å². The molecular formula is C14H18O2S. The lowest BCUT2D eigenvalue weighted by atomic mass is 9.99. The van der Waals surface area contributed by atoms with E-state index in [9.17, 15) is 4.79 Å². The van der Waals surface area contributed by atoms with Gasteiger partial charge in [-0.2, -0.15) is 0 Å². The lowest BCUT2D eigenvalue weighted by Crippen LogP contribution is -2.17. The Bertz CT molecular complexity index is 350. The van der Waals surface area contributed by atoms with Gasteiger partial charge in [-0.05, 0) is 18.4 Å². The van der Waals surface area contributed by atoms with Crippen LogP contribution in [0.3, 0.4) is 0 Å². The molecule has 1 atom stereocenters. The summed E-state index contributed by atoms with van der Waals surface area (Å²) in [5.74, 6) is 1.10. The second kappa shape index (κ2) is 6.82. The fraction of sp³-hybridized carbons (Fsp3) is 0.500. The van der Waals surface area contributed by atoms with Crippen molar-refractivity contribution in [3.8, 4) is 0 Å². The third kappa shape index (κ3) is 4.52. The molecule has 1 aromatic rings. The number of benzene rings is 1. The number of Topliss-reactive ketones (excluding diaryl/α,β-unsaturated/α-hetero) is 1. The molecule has 0 bridgehead atoms. The van der Waals surface area contributed by atoms with Crippen LogP contribution in [-0.2, 0) is 16.1 Å². The number of hydrogen-bond acceptors (Lipinski definition) is 3. The molecule has 1 fully saturated rings. The summed E-state index contributed by atoms with van der Waals surface area (Å²) in [5.41, 5.74) is 1.20. The van der Waals surface area contributed by atoms with E-state index in [0.717, 1.165) is 25.7 Å². The molecule has 0 heterocycles. The third-order valence-corrected chi connectivity index (χ3v) is 4.11. The maximum absolute atomic E-state index is 11.3. The molecule has 1 aromatic carbocycles. The summed E-state index contributed by atoms with van der Waals surface area (Å²) < 4.78 is 5.61. The van der Waals surface area contributed by atoms with E-state index in [1.807, 2.05) is 18.2 Å². The van der Waals surface area contributed by atoms with E-state index < -0.39 is 0 Å². The van der Waals surface area contributed by atoms with Crippen molar-refractivity contribution in [1.82, 2.24) is 0 Å². The molecule has 1 aliphatic rings. The fourth-order valence-corrected chi connectivity index (χ4v) is 3.01. The van der Waals surface area contributed by atoms with Gasteiger partial charge in [0.15, 0.2) is 0 Å². The monoisotopic (exact) mass is 250 g/mol. The van der Waals surface area contributed by atoms with E-state index in [-0.39, 0.29) is 0 Å². The van der Waals surface area contributed by atoms with E-state index in [4.69, 9.17) is 4.74 Å². The Morgan fingerprint density at radius 2 is 2.12 bits per heavy atom. The Hall–Kier alpha value is -0.800. The molecule has 92 valence electrons. The van der Waals surface area contributed by atoms with E-state index in [1.54, 1.807) is 11.8 Å². The van der Waals surface area contributed by atoms with E-state index in [0.29, 0.717) is 23.6 Å². The predicted molar refractivity (Wildman–Crippen MR) is 71.0 cm³/mol. The molecular weight excluding hydrogens is 232 g/mol. The largest absolute Gasteiger partial charge is 0.366 e. The zero-order chi connectivity index (χ0) is 11.9. The molecule has 3 heteroatoms. The van der Waals surface area contributed by atoms with Crippen LogP contribution in [0.25, 0.3) is 0 Å². The molecule has 1 saturated carbocycles. The lowest BCUT2D eigenvalue weighted by molar-refractivity contribution is -0.120. The van der Waals surface area contributed by atoms with Gasteiger partial charge in [-0.1, -0.05) is 30.3 Å². The van der Waals surface area contributed by atoms with Crippen LogP contribution < -0.4 is 0 Å². The number of carbonyl (C=O) groups excluding carboxylic acids is 1. The molecule has 0 N–H and O–H groups in total. The zero-order valence-corrected chi connectivity index (χ0v) is 10.7. The van der Waals surface area contributed by atoms with E-state index in [2.05, 4.69) is 12.1 Å². The van der Waals surface area contributed by atoms with Crippen LogP contribution in [0.2, 0.25) is 0 Å². The number of carbonyl (C=O) groups is 1. The minimum absolute atomic E-state index is 0.414. The smallest absolute Gasteiger partial charge is 0.134 e. The van der Waals surface area contributed by atoms with Gasteiger partial charge in [0.1, 0.15) is 5.78 Å². The summed E-state index contributed by atoms with van der Waals surface area (Å²) in [7, 11) is 0. The van der Waals surface area contributed by atoms with Gasteiger partial charge in [-0.15, -0.1) is 11.8 Å². The van der Waals surface area contributed by atoms with Gasteiger partial charge < -0.3 is 4.74 Å². The van der Waals surface area contributed by atoms with Crippen molar-refractivity contribution in [3.05, 3.63) is 35.9 Å². The van der Waals surface area contributed by atoms with Crippen LogP contribution in [0.4, 0.5) is 0 Å². The first-order valence-electron chi connectivity index (χ1n) is 6.09. The van der Waals surface area contributed by atoms with Crippen molar-refractivity contribution in [3.63, 3.8) is 0 Å². The summed E-state index contributed by atoms with van der Waals surface area (Å²) in [5, 5.41) is 0.479. The predicted octanol–water partition coefficient (Wildman–Crippen LogP) is 3.41. The molecule has 0 radical (unpaired) electrons. The zero-order valence-electron chi connectivity index (χ0n) is 9.93. The first-order valence-corrected chi connectivity index (χ1v) is 7.14. The van der Waals surface area contributed by atoms with E-state index in [1.165, 1.54) is 5.56 Å². The molecule has 1 unspecified atom stereocenters. The quantitative estimate of drug-likeness (QED) is 0.592. The van der Waals surface area contributed by atoms with Crippen LogP contribution in [0.1, 0.15) is 31.2 Å². The van der Waals surface area contributed by atoms with Gasteiger partial charge in [-0.25, -0.2) is 0 Å². The fourth-order valence-electron chi connectivity index (χ4n) is 2.01. The summed E-state index contributed by atoms with van der Waals surface area (Å²) in [6.07, 6.45) is 3.72. The Labute approximate surface area is 107 Å². The standard InChI is InChI=1S/C14H18O2S/c15-13-7-4-8-14(9-13)17-11-16-10-12-5-2-1-3-6-12/h1-3,5-6,14H,4,7-11H2. The first kappa shape index (κ1) is 12.7. The first-order chi connectivity index (χ1) is 8.34. The highest BCUT2D eigenvalue weighted by Crippen LogP contribution is 2.26. The average Bonchev–Trinajstić information content (AvgIpc) is 2.36. The van der Waals surface area contributed by atoms with Crippen LogP contribution in [0.15, 0.2) is 30.3 Å². The molecule has 0 saturated heterocycles. The number of ether oxygens (including phenoxy) is 1. The SMILES string of the molecule is O=C1CCCC(SCOCc2ccccc2)C1. The number of rotatable bonds is 5. The van der Waals surface area contributed by atoms with Crippen molar-refractivity contribution >= 4 is 17.5 Å². The van der Waals surface area contributed by atoms with Gasteiger partial charge in [0.05, 0.1) is 12.5 Å². The lowest BCUT2D eigenvalue weighted by Gasteiger charge is -2.19. The summed E-state index contributed by atoms with van der Waals surface area (Å²) in [6.45, 7) is 0.661. The number of hydrogen-bond donors (Lipinski definition) is 0. The summed E-state index contributed by atoms with van der Waals surface area (Å²) in [6, 6.07) is 10.2. The van der Waals surface area contributed by atoms with E-state index >= 15 is 0 Å². The van der Waals surface area contributed by atoms with Gasteiger partial charge in [0.2, 0.25) is 0 Å². The van der Waals surface area contributed by atoms with Crippen molar-refractivity contribution in [2.45, 2.75) is 37.5 Å². The number of ketones is 1. The highest BCUT2D eigenvalue weighted by Gasteiger charge is 2.19. The van der Waals surface area contributed by atoms with Gasteiger partial charge in [0, 0.05) is 18.1 Å². The Morgan fingerprint density at radius 1 is 1.29 bits per heavy atom. The topological polar surface area (TPSA) is 26.3 Å². The Kier molecular flexibility index (Phi) is 5.08.